The summed E-state index contributed by atoms with van der Waals surface area (Å²) in [6.45, 7) is 0. The Hall–Kier alpha value is -0.620. The van der Waals surface area contributed by atoms with Gasteiger partial charge in [-0.1, -0.05) is 0 Å². The number of sulfone groups is 1. The summed E-state index contributed by atoms with van der Waals surface area (Å²) in [5.74, 6) is 0.428. The quantitative estimate of drug-likeness (QED) is 0.769. The van der Waals surface area contributed by atoms with Crippen molar-refractivity contribution >= 4 is 15.7 Å². The lowest BCUT2D eigenvalue weighted by molar-refractivity contribution is -0.122. The Morgan fingerprint density at radius 2 is 1.83 bits per heavy atom. The zero-order chi connectivity index (χ0) is 13.2. The van der Waals surface area contributed by atoms with Gasteiger partial charge in [-0.05, 0) is 38.0 Å². The molecule has 0 aromatic rings. The second kappa shape index (κ2) is 5.57. The number of nitrogens with two attached hydrogens (primary N) is 1. The molecule has 0 aromatic carbocycles. The predicted molar refractivity (Wildman–Crippen MR) is 69.8 cm³/mol. The van der Waals surface area contributed by atoms with E-state index < -0.39 is 9.84 Å². The summed E-state index contributed by atoms with van der Waals surface area (Å²) in [5, 5.41) is 3.00. The SMILES string of the molecule is NC1CCC(NC(=O)CC2CCS(=O)(=O)C2)CC1. The first kappa shape index (κ1) is 13.8. The zero-order valence-corrected chi connectivity index (χ0v) is 11.4. The second-order valence-electron chi connectivity index (χ2n) is 5.65. The van der Waals surface area contributed by atoms with Gasteiger partial charge in [0.1, 0.15) is 0 Å². The molecule has 0 spiro atoms. The largest absolute Gasteiger partial charge is 0.353 e. The van der Waals surface area contributed by atoms with Crippen LogP contribution in [0.5, 0.6) is 0 Å². The average Bonchev–Trinajstić information content (AvgIpc) is 2.61. The second-order valence-corrected chi connectivity index (χ2v) is 7.88. The van der Waals surface area contributed by atoms with Crippen molar-refractivity contribution in [3.8, 4) is 0 Å². The summed E-state index contributed by atoms with van der Waals surface area (Å²) in [6.07, 6.45) is 4.78. The van der Waals surface area contributed by atoms with Crippen molar-refractivity contribution in [2.45, 2.75) is 50.6 Å². The summed E-state index contributed by atoms with van der Waals surface area (Å²) in [4.78, 5) is 11.8. The molecule has 6 heteroatoms. The Labute approximate surface area is 108 Å². The number of hydrogen-bond donors (Lipinski definition) is 2. The first-order valence-corrected chi connectivity index (χ1v) is 8.52. The van der Waals surface area contributed by atoms with Gasteiger partial charge < -0.3 is 11.1 Å². The van der Waals surface area contributed by atoms with E-state index in [1.165, 1.54) is 0 Å². The lowest BCUT2D eigenvalue weighted by Crippen LogP contribution is -2.41. The summed E-state index contributed by atoms with van der Waals surface area (Å²) in [7, 11) is -2.88. The molecule has 2 aliphatic rings. The van der Waals surface area contributed by atoms with E-state index in [1.807, 2.05) is 0 Å². The van der Waals surface area contributed by atoms with Crippen LogP contribution in [0.15, 0.2) is 0 Å². The maximum Gasteiger partial charge on any atom is 0.220 e. The minimum Gasteiger partial charge on any atom is -0.353 e. The fourth-order valence-corrected chi connectivity index (χ4v) is 4.71. The zero-order valence-electron chi connectivity index (χ0n) is 10.6. The molecule has 2 rings (SSSR count). The van der Waals surface area contributed by atoms with E-state index in [0.29, 0.717) is 12.8 Å². The van der Waals surface area contributed by atoms with Crippen LogP contribution in [0.3, 0.4) is 0 Å². The van der Waals surface area contributed by atoms with E-state index in [0.717, 1.165) is 25.7 Å². The lowest BCUT2D eigenvalue weighted by atomic mass is 9.91. The molecule has 3 N–H and O–H groups in total. The Morgan fingerprint density at radius 3 is 2.39 bits per heavy atom. The van der Waals surface area contributed by atoms with Crippen LogP contribution in [-0.2, 0) is 14.6 Å². The summed E-state index contributed by atoms with van der Waals surface area (Å²) < 4.78 is 22.6. The third-order valence-corrected chi connectivity index (χ3v) is 5.77. The molecule has 1 heterocycles. The first-order chi connectivity index (χ1) is 8.44. The molecule has 1 atom stereocenters. The number of hydrogen-bond acceptors (Lipinski definition) is 4. The fraction of sp³-hybridized carbons (Fsp3) is 0.917. The topological polar surface area (TPSA) is 89.3 Å². The first-order valence-electron chi connectivity index (χ1n) is 6.70. The van der Waals surface area contributed by atoms with Gasteiger partial charge in [0, 0.05) is 18.5 Å². The van der Waals surface area contributed by atoms with Crippen LogP contribution in [0.2, 0.25) is 0 Å². The average molecular weight is 274 g/mol. The molecule has 1 aliphatic heterocycles. The molecular formula is C12H22N2O3S. The molecule has 18 heavy (non-hydrogen) atoms. The maximum atomic E-state index is 11.8. The van der Waals surface area contributed by atoms with Crippen molar-refractivity contribution in [2.24, 2.45) is 11.7 Å². The van der Waals surface area contributed by atoms with E-state index in [2.05, 4.69) is 5.32 Å². The van der Waals surface area contributed by atoms with Crippen molar-refractivity contribution in [3.05, 3.63) is 0 Å². The van der Waals surface area contributed by atoms with E-state index in [9.17, 15) is 13.2 Å². The van der Waals surface area contributed by atoms with Gasteiger partial charge in [-0.3, -0.25) is 4.79 Å². The molecule has 1 saturated heterocycles. The van der Waals surface area contributed by atoms with Crippen LogP contribution >= 0.6 is 0 Å². The minimum atomic E-state index is -2.88. The van der Waals surface area contributed by atoms with E-state index >= 15 is 0 Å². The van der Waals surface area contributed by atoms with Crippen molar-refractivity contribution in [1.82, 2.24) is 5.32 Å². The van der Waals surface area contributed by atoms with Gasteiger partial charge in [0.25, 0.3) is 0 Å². The van der Waals surface area contributed by atoms with Gasteiger partial charge in [0.05, 0.1) is 11.5 Å². The van der Waals surface area contributed by atoms with Crippen LogP contribution < -0.4 is 11.1 Å². The third-order valence-electron chi connectivity index (χ3n) is 3.94. The highest BCUT2D eigenvalue weighted by molar-refractivity contribution is 7.91. The normalized spacial score (nSPS) is 35.3. The number of rotatable bonds is 3. The summed E-state index contributed by atoms with van der Waals surface area (Å²) in [6, 6.07) is 0.508. The van der Waals surface area contributed by atoms with E-state index in [4.69, 9.17) is 5.73 Å². The van der Waals surface area contributed by atoms with Crippen LogP contribution in [0.4, 0.5) is 0 Å². The smallest absolute Gasteiger partial charge is 0.220 e. The Balaban J connectivity index is 1.73. The molecule has 1 amide bonds. The molecule has 104 valence electrons. The van der Waals surface area contributed by atoms with Crippen molar-refractivity contribution in [1.29, 1.82) is 0 Å². The Kier molecular flexibility index (Phi) is 4.27. The molecule has 0 radical (unpaired) electrons. The van der Waals surface area contributed by atoms with Crippen LogP contribution in [0.1, 0.15) is 38.5 Å². The van der Waals surface area contributed by atoms with Crippen LogP contribution in [-0.4, -0.2) is 37.9 Å². The minimum absolute atomic E-state index is 0.00225. The van der Waals surface area contributed by atoms with Gasteiger partial charge in [0.15, 0.2) is 9.84 Å². The van der Waals surface area contributed by atoms with Crippen LogP contribution in [0, 0.1) is 5.92 Å². The monoisotopic (exact) mass is 274 g/mol. The predicted octanol–water partition coefficient (Wildman–Crippen LogP) is 0.197. The van der Waals surface area contributed by atoms with E-state index in [-0.39, 0.29) is 35.4 Å². The lowest BCUT2D eigenvalue weighted by Gasteiger charge is -2.27. The Morgan fingerprint density at radius 1 is 1.17 bits per heavy atom. The molecule has 5 nitrogen and oxygen atoms in total. The highest BCUT2D eigenvalue weighted by Gasteiger charge is 2.30. The molecule has 1 unspecified atom stereocenters. The number of amides is 1. The standard InChI is InChI=1S/C12H22N2O3S/c13-10-1-3-11(4-2-10)14-12(15)7-9-5-6-18(16,17)8-9/h9-11H,1-8,13H2,(H,14,15). The number of carbonyl (C=O) groups excluding carboxylic acids is 1. The highest BCUT2D eigenvalue weighted by atomic mass is 32.2. The van der Waals surface area contributed by atoms with Gasteiger partial charge in [0.2, 0.25) is 5.91 Å². The summed E-state index contributed by atoms with van der Waals surface area (Å²) in [5.41, 5.74) is 5.81. The molecule has 1 saturated carbocycles. The molecular weight excluding hydrogens is 252 g/mol. The van der Waals surface area contributed by atoms with Gasteiger partial charge >= 0.3 is 0 Å². The van der Waals surface area contributed by atoms with Crippen molar-refractivity contribution in [2.75, 3.05) is 11.5 Å². The van der Waals surface area contributed by atoms with Gasteiger partial charge in [-0.25, -0.2) is 8.42 Å². The molecule has 2 fully saturated rings. The molecule has 0 bridgehead atoms. The molecule has 0 aromatic heterocycles. The van der Waals surface area contributed by atoms with Gasteiger partial charge in [-0.2, -0.15) is 0 Å². The third kappa shape index (κ3) is 3.95. The fourth-order valence-electron chi connectivity index (χ4n) is 2.85. The van der Waals surface area contributed by atoms with E-state index in [1.54, 1.807) is 0 Å². The van der Waals surface area contributed by atoms with Gasteiger partial charge in [-0.15, -0.1) is 0 Å². The molecule has 1 aliphatic carbocycles. The van der Waals surface area contributed by atoms with Crippen molar-refractivity contribution in [3.63, 3.8) is 0 Å². The number of carbonyl (C=O) groups is 1. The highest BCUT2D eigenvalue weighted by Crippen LogP contribution is 2.22. The maximum absolute atomic E-state index is 11.8. The van der Waals surface area contributed by atoms with Crippen molar-refractivity contribution < 1.29 is 13.2 Å². The number of nitrogens with one attached hydrogen (secondary N) is 1. The Bertz CT molecular complexity index is 400. The van der Waals surface area contributed by atoms with Crippen LogP contribution in [0.25, 0.3) is 0 Å². The summed E-state index contributed by atoms with van der Waals surface area (Å²) >= 11 is 0.